The van der Waals surface area contributed by atoms with E-state index in [-0.39, 0.29) is 6.04 Å². The van der Waals surface area contributed by atoms with Crippen LogP contribution in [-0.4, -0.2) is 39.9 Å². The average Bonchev–Trinajstić information content (AvgIpc) is 2.95. The molecule has 1 aliphatic heterocycles. The summed E-state index contributed by atoms with van der Waals surface area (Å²) in [5.41, 5.74) is 0. The summed E-state index contributed by atoms with van der Waals surface area (Å²) in [6, 6.07) is -0.906. The van der Waals surface area contributed by atoms with E-state index in [1.807, 2.05) is 5.32 Å². The first-order chi connectivity index (χ1) is 7.50. The van der Waals surface area contributed by atoms with Crippen LogP contribution in [0.15, 0.2) is 0 Å². The van der Waals surface area contributed by atoms with Gasteiger partial charge >= 0.3 is 12.0 Å². The zero-order chi connectivity index (χ0) is 11.9. The van der Waals surface area contributed by atoms with Crippen LogP contribution in [0.3, 0.4) is 0 Å². The predicted octanol–water partition coefficient (Wildman–Crippen LogP) is -0.682. The standard InChI is InChI=1S/C9H10N2O5/c12-6(13)3-5-7(14)10-9(16)11(8(5)15)4-1-2-4/h4-5H,1-3H2,(H,12,13)(H,10,14,16). The fourth-order valence-corrected chi connectivity index (χ4v) is 1.67. The maximum atomic E-state index is 11.7. The summed E-state index contributed by atoms with van der Waals surface area (Å²) in [4.78, 5) is 45.9. The highest BCUT2D eigenvalue weighted by atomic mass is 16.4. The van der Waals surface area contributed by atoms with Gasteiger partial charge in [0.25, 0.3) is 0 Å². The molecule has 0 spiro atoms. The Kier molecular flexibility index (Phi) is 2.37. The fourth-order valence-electron chi connectivity index (χ4n) is 1.67. The lowest BCUT2D eigenvalue weighted by Crippen LogP contribution is -2.58. The SMILES string of the molecule is O=C(O)CC1C(=O)NC(=O)N(C2CC2)C1=O. The van der Waals surface area contributed by atoms with Crippen molar-refractivity contribution in [2.75, 3.05) is 0 Å². The van der Waals surface area contributed by atoms with Gasteiger partial charge in [-0.1, -0.05) is 0 Å². The van der Waals surface area contributed by atoms with Crippen LogP contribution < -0.4 is 5.32 Å². The molecule has 7 heteroatoms. The van der Waals surface area contributed by atoms with Crippen LogP contribution in [0, 0.1) is 5.92 Å². The third-order valence-corrected chi connectivity index (χ3v) is 2.59. The molecular weight excluding hydrogens is 216 g/mol. The lowest BCUT2D eigenvalue weighted by molar-refractivity contribution is -0.150. The molecule has 2 rings (SSSR count). The molecule has 4 amide bonds. The van der Waals surface area contributed by atoms with Crippen LogP contribution in [0.1, 0.15) is 19.3 Å². The monoisotopic (exact) mass is 226 g/mol. The summed E-state index contributed by atoms with van der Waals surface area (Å²) < 4.78 is 0. The van der Waals surface area contributed by atoms with Crippen molar-refractivity contribution < 1.29 is 24.3 Å². The van der Waals surface area contributed by atoms with Crippen molar-refractivity contribution in [3.63, 3.8) is 0 Å². The molecule has 1 saturated heterocycles. The molecule has 2 N–H and O–H groups in total. The molecule has 2 aliphatic rings. The molecule has 1 aliphatic carbocycles. The van der Waals surface area contributed by atoms with E-state index < -0.39 is 36.2 Å². The van der Waals surface area contributed by atoms with Gasteiger partial charge in [-0.15, -0.1) is 0 Å². The van der Waals surface area contributed by atoms with E-state index in [4.69, 9.17) is 5.11 Å². The number of imide groups is 2. The van der Waals surface area contributed by atoms with E-state index in [0.29, 0.717) is 12.8 Å². The van der Waals surface area contributed by atoms with Crippen LogP contribution in [0.5, 0.6) is 0 Å². The maximum absolute atomic E-state index is 11.7. The van der Waals surface area contributed by atoms with E-state index in [1.54, 1.807) is 0 Å². The van der Waals surface area contributed by atoms with Crippen LogP contribution in [0.25, 0.3) is 0 Å². The first-order valence-corrected chi connectivity index (χ1v) is 4.90. The molecule has 86 valence electrons. The number of nitrogens with zero attached hydrogens (tertiary/aromatic N) is 1. The number of hydrogen-bond acceptors (Lipinski definition) is 4. The largest absolute Gasteiger partial charge is 0.481 e. The van der Waals surface area contributed by atoms with Gasteiger partial charge in [0.2, 0.25) is 11.8 Å². The number of carbonyl (C=O) groups excluding carboxylic acids is 3. The van der Waals surface area contributed by atoms with E-state index in [1.165, 1.54) is 0 Å². The minimum atomic E-state index is -1.28. The molecule has 0 aromatic rings. The number of amides is 4. The quantitative estimate of drug-likeness (QED) is 0.620. The summed E-state index contributed by atoms with van der Waals surface area (Å²) in [5, 5.41) is 10.6. The topological polar surface area (TPSA) is 104 Å². The molecule has 0 radical (unpaired) electrons. The second-order valence-corrected chi connectivity index (χ2v) is 3.88. The molecule has 7 nitrogen and oxygen atoms in total. The van der Waals surface area contributed by atoms with Gasteiger partial charge in [0.05, 0.1) is 6.42 Å². The number of barbiturate groups is 1. The van der Waals surface area contributed by atoms with Crippen molar-refractivity contribution in [1.82, 2.24) is 10.2 Å². The van der Waals surface area contributed by atoms with Gasteiger partial charge in [0.15, 0.2) is 0 Å². The summed E-state index contributed by atoms with van der Waals surface area (Å²) in [5.74, 6) is -4.04. The molecule has 0 bridgehead atoms. The van der Waals surface area contributed by atoms with Crippen molar-refractivity contribution in [3.05, 3.63) is 0 Å². The lowest BCUT2D eigenvalue weighted by Gasteiger charge is -2.29. The number of aliphatic carboxylic acids is 1. The maximum Gasteiger partial charge on any atom is 0.331 e. The first-order valence-electron chi connectivity index (χ1n) is 4.90. The highest BCUT2D eigenvalue weighted by Crippen LogP contribution is 2.30. The number of hydrogen-bond donors (Lipinski definition) is 2. The Labute approximate surface area is 90.4 Å². The predicted molar refractivity (Wildman–Crippen MR) is 49.1 cm³/mol. The van der Waals surface area contributed by atoms with E-state index in [2.05, 4.69) is 0 Å². The van der Waals surface area contributed by atoms with Crippen LogP contribution >= 0.6 is 0 Å². The molecule has 1 heterocycles. The van der Waals surface area contributed by atoms with Gasteiger partial charge in [-0.05, 0) is 12.8 Å². The van der Waals surface area contributed by atoms with Crippen LogP contribution in [0.4, 0.5) is 4.79 Å². The zero-order valence-electron chi connectivity index (χ0n) is 8.30. The van der Waals surface area contributed by atoms with Gasteiger partial charge < -0.3 is 5.11 Å². The minimum absolute atomic E-state index is 0.170. The van der Waals surface area contributed by atoms with Gasteiger partial charge in [0.1, 0.15) is 5.92 Å². The van der Waals surface area contributed by atoms with Crippen molar-refractivity contribution in [2.45, 2.75) is 25.3 Å². The Morgan fingerprint density at radius 2 is 2.00 bits per heavy atom. The molecule has 1 saturated carbocycles. The number of rotatable bonds is 3. The summed E-state index contributed by atoms with van der Waals surface area (Å²) >= 11 is 0. The molecule has 16 heavy (non-hydrogen) atoms. The number of carbonyl (C=O) groups is 4. The second-order valence-electron chi connectivity index (χ2n) is 3.88. The Hall–Kier alpha value is -1.92. The Balaban J connectivity index is 2.18. The summed E-state index contributed by atoms with van der Waals surface area (Å²) in [7, 11) is 0. The van der Waals surface area contributed by atoms with E-state index in [9.17, 15) is 19.2 Å². The molecule has 0 aromatic carbocycles. The van der Waals surface area contributed by atoms with E-state index >= 15 is 0 Å². The number of carboxylic acid groups (broad SMARTS) is 1. The Morgan fingerprint density at radius 3 is 2.50 bits per heavy atom. The number of nitrogens with one attached hydrogen (secondary N) is 1. The average molecular weight is 226 g/mol. The van der Waals surface area contributed by atoms with Crippen molar-refractivity contribution in [1.29, 1.82) is 0 Å². The van der Waals surface area contributed by atoms with Crippen LogP contribution in [-0.2, 0) is 14.4 Å². The van der Waals surface area contributed by atoms with Gasteiger partial charge in [0, 0.05) is 6.04 Å². The van der Waals surface area contributed by atoms with E-state index in [0.717, 1.165) is 4.90 Å². The molecule has 2 fully saturated rings. The number of urea groups is 1. The van der Waals surface area contributed by atoms with Gasteiger partial charge in [-0.2, -0.15) is 0 Å². The van der Waals surface area contributed by atoms with Crippen molar-refractivity contribution >= 4 is 23.8 Å². The third-order valence-electron chi connectivity index (χ3n) is 2.59. The van der Waals surface area contributed by atoms with Crippen molar-refractivity contribution in [2.24, 2.45) is 5.92 Å². The first kappa shape index (κ1) is 10.6. The molecule has 1 unspecified atom stereocenters. The van der Waals surface area contributed by atoms with Crippen molar-refractivity contribution in [3.8, 4) is 0 Å². The summed E-state index contributed by atoms with van der Waals surface area (Å²) in [6.45, 7) is 0. The molecule has 0 aromatic heterocycles. The summed E-state index contributed by atoms with van der Waals surface area (Å²) in [6.07, 6.45) is 0.849. The number of carboxylic acids is 1. The minimum Gasteiger partial charge on any atom is -0.481 e. The molecular formula is C9H10N2O5. The highest BCUT2D eigenvalue weighted by molar-refractivity contribution is 6.17. The van der Waals surface area contributed by atoms with Gasteiger partial charge in [-0.25, -0.2) is 4.79 Å². The molecule has 1 atom stereocenters. The fraction of sp³-hybridized carbons (Fsp3) is 0.556. The Morgan fingerprint density at radius 1 is 1.38 bits per heavy atom. The lowest BCUT2D eigenvalue weighted by atomic mass is 10.0. The second kappa shape index (κ2) is 3.58. The Bertz CT molecular complexity index is 387. The van der Waals surface area contributed by atoms with Crippen LogP contribution in [0.2, 0.25) is 0 Å². The third kappa shape index (κ3) is 1.75. The zero-order valence-corrected chi connectivity index (χ0v) is 8.30. The van der Waals surface area contributed by atoms with Gasteiger partial charge in [-0.3, -0.25) is 24.6 Å². The normalized spacial score (nSPS) is 25.6. The smallest absolute Gasteiger partial charge is 0.331 e. The highest BCUT2D eigenvalue weighted by Gasteiger charge is 2.47.